The number of hydrogen-bond acceptors (Lipinski definition) is 4. The van der Waals surface area contributed by atoms with Gasteiger partial charge in [-0.3, -0.25) is 9.59 Å². The summed E-state index contributed by atoms with van der Waals surface area (Å²) in [5.74, 6) is -0.346. The van der Waals surface area contributed by atoms with Crippen molar-refractivity contribution in [2.24, 2.45) is 5.92 Å². The molecule has 3 aromatic rings. The Morgan fingerprint density at radius 1 is 1.16 bits per heavy atom. The minimum atomic E-state index is -0.656. The lowest BCUT2D eigenvalue weighted by molar-refractivity contribution is -0.130. The van der Waals surface area contributed by atoms with Crippen molar-refractivity contribution in [3.63, 3.8) is 0 Å². The number of carbonyl (C=O) groups excluding carboxylic acids is 2. The molecule has 160 valence electrons. The normalized spacial score (nSPS) is 16.6. The Morgan fingerprint density at radius 3 is 2.55 bits per heavy atom. The van der Waals surface area contributed by atoms with Crippen LogP contribution in [0.15, 0.2) is 66.1 Å². The molecule has 4 rings (SSSR count). The van der Waals surface area contributed by atoms with Gasteiger partial charge < -0.3 is 19.7 Å². The summed E-state index contributed by atoms with van der Waals surface area (Å²) in [6, 6.07) is 14.5. The van der Waals surface area contributed by atoms with Gasteiger partial charge in [-0.05, 0) is 29.7 Å². The summed E-state index contributed by atoms with van der Waals surface area (Å²) in [6.45, 7) is 4.15. The van der Waals surface area contributed by atoms with Gasteiger partial charge in [0.05, 0.1) is 18.7 Å². The lowest BCUT2D eigenvalue weighted by Crippen LogP contribution is -2.30. The second-order valence-corrected chi connectivity index (χ2v) is 8.26. The van der Waals surface area contributed by atoms with E-state index in [4.69, 9.17) is 4.74 Å². The van der Waals surface area contributed by atoms with Crippen molar-refractivity contribution in [1.29, 1.82) is 0 Å². The van der Waals surface area contributed by atoms with E-state index in [1.807, 2.05) is 68.6 Å². The number of aliphatic hydroxyl groups is 1. The van der Waals surface area contributed by atoms with Crippen molar-refractivity contribution < 1.29 is 19.4 Å². The van der Waals surface area contributed by atoms with Gasteiger partial charge in [-0.2, -0.15) is 0 Å². The summed E-state index contributed by atoms with van der Waals surface area (Å²) in [5, 5.41) is 11.7. The van der Waals surface area contributed by atoms with Crippen LogP contribution in [0, 0.1) is 5.92 Å². The fourth-order valence-corrected chi connectivity index (χ4v) is 4.15. The van der Waals surface area contributed by atoms with Crippen molar-refractivity contribution in [3.05, 3.63) is 77.2 Å². The van der Waals surface area contributed by atoms with Crippen LogP contribution in [0.5, 0.6) is 5.75 Å². The monoisotopic (exact) mass is 418 g/mol. The fraction of sp³-hybridized carbons (Fsp3) is 0.280. The van der Waals surface area contributed by atoms with Crippen LogP contribution in [0.3, 0.4) is 0 Å². The average molecular weight is 418 g/mol. The smallest absolute Gasteiger partial charge is 0.290 e. The van der Waals surface area contributed by atoms with Gasteiger partial charge in [-0.1, -0.05) is 44.2 Å². The molecular formula is C25H26N2O4. The largest absolute Gasteiger partial charge is 0.503 e. The molecule has 1 aliphatic rings. The first-order valence-electron chi connectivity index (χ1n) is 10.4. The van der Waals surface area contributed by atoms with Gasteiger partial charge in [0.25, 0.3) is 5.91 Å². The van der Waals surface area contributed by atoms with Gasteiger partial charge in [0.1, 0.15) is 5.75 Å². The number of fused-ring (bicyclic) bond motifs is 1. The highest BCUT2D eigenvalue weighted by Crippen LogP contribution is 2.42. The third-order valence-corrected chi connectivity index (χ3v) is 5.63. The minimum Gasteiger partial charge on any atom is -0.503 e. The zero-order valence-corrected chi connectivity index (χ0v) is 17.9. The number of amides is 1. The lowest BCUT2D eigenvalue weighted by atomic mass is 9.92. The number of aliphatic hydroxyl groups excluding tert-OH is 1. The van der Waals surface area contributed by atoms with Gasteiger partial charge in [-0.25, -0.2) is 0 Å². The Kier molecular flexibility index (Phi) is 5.55. The summed E-state index contributed by atoms with van der Waals surface area (Å²) < 4.78 is 5.21. The lowest BCUT2D eigenvalue weighted by Gasteiger charge is -2.27. The van der Waals surface area contributed by atoms with Gasteiger partial charge in [-0.15, -0.1) is 0 Å². The Hall–Kier alpha value is -3.54. The molecule has 0 aliphatic carbocycles. The maximum Gasteiger partial charge on any atom is 0.290 e. The molecule has 0 spiro atoms. The number of rotatable bonds is 7. The van der Waals surface area contributed by atoms with Crippen LogP contribution in [0.1, 0.15) is 37.4 Å². The van der Waals surface area contributed by atoms with Crippen LogP contribution in [0.2, 0.25) is 0 Å². The Balaban J connectivity index is 1.79. The Morgan fingerprint density at radius 2 is 1.87 bits per heavy atom. The number of hydrogen-bond donors (Lipinski definition) is 2. The van der Waals surface area contributed by atoms with E-state index in [0.29, 0.717) is 0 Å². The number of Topliss-reactive ketones (excluding diaryl/α,β-unsaturated/α-hetero) is 1. The maximum absolute atomic E-state index is 13.1. The van der Waals surface area contributed by atoms with Crippen molar-refractivity contribution in [2.45, 2.75) is 32.9 Å². The van der Waals surface area contributed by atoms with E-state index in [9.17, 15) is 14.7 Å². The van der Waals surface area contributed by atoms with Crippen molar-refractivity contribution in [2.75, 3.05) is 7.11 Å². The van der Waals surface area contributed by atoms with Gasteiger partial charge >= 0.3 is 0 Å². The molecule has 1 atom stereocenters. The van der Waals surface area contributed by atoms with Gasteiger partial charge in [0.2, 0.25) is 0 Å². The third-order valence-electron chi connectivity index (χ3n) is 5.63. The summed E-state index contributed by atoms with van der Waals surface area (Å²) in [6.07, 6.45) is 2.09. The van der Waals surface area contributed by atoms with E-state index in [-0.39, 0.29) is 30.2 Å². The highest BCUT2D eigenvalue weighted by atomic mass is 16.5. The number of aromatic nitrogens is 1. The van der Waals surface area contributed by atoms with E-state index < -0.39 is 17.7 Å². The second kappa shape index (κ2) is 8.30. The summed E-state index contributed by atoms with van der Waals surface area (Å²) in [4.78, 5) is 31.0. The number of carbonyl (C=O) groups is 2. The Labute approximate surface area is 181 Å². The molecule has 0 fully saturated rings. The van der Waals surface area contributed by atoms with Crippen LogP contribution < -0.4 is 4.74 Å². The SMILES string of the molecule is COc1ccc(CN2C(=O)C(O)=C(C(=O)CC(C)C)C2c2c[nH]c3ccccc23)cc1. The molecule has 1 aromatic heterocycles. The van der Waals surface area contributed by atoms with Crippen LogP contribution >= 0.6 is 0 Å². The molecule has 0 saturated heterocycles. The predicted molar refractivity (Wildman–Crippen MR) is 119 cm³/mol. The maximum atomic E-state index is 13.1. The quantitative estimate of drug-likeness (QED) is 0.583. The summed E-state index contributed by atoms with van der Waals surface area (Å²) in [5.41, 5.74) is 2.77. The number of methoxy groups -OCH3 is 1. The zero-order valence-electron chi connectivity index (χ0n) is 17.9. The highest BCUT2D eigenvalue weighted by Gasteiger charge is 2.44. The molecule has 0 radical (unpaired) electrons. The molecule has 2 heterocycles. The fourth-order valence-electron chi connectivity index (χ4n) is 4.15. The molecule has 2 N–H and O–H groups in total. The number of ether oxygens (including phenoxy) is 1. The zero-order chi connectivity index (χ0) is 22.1. The molecular weight excluding hydrogens is 392 g/mol. The number of aromatic amines is 1. The Bertz CT molecular complexity index is 1160. The van der Waals surface area contributed by atoms with E-state index in [2.05, 4.69) is 4.98 Å². The highest BCUT2D eigenvalue weighted by molar-refractivity contribution is 6.09. The predicted octanol–water partition coefficient (Wildman–Crippen LogP) is 4.69. The van der Waals surface area contributed by atoms with Crippen LogP contribution in [0.25, 0.3) is 10.9 Å². The number of H-pyrrole nitrogens is 1. The first-order valence-corrected chi connectivity index (χ1v) is 10.4. The molecule has 1 unspecified atom stereocenters. The first kappa shape index (κ1) is 20.7. The molecule has 1 amide bonds. The van der Waals surface area contributed by atoms with Gasteiger partial charge in [0.15, 0.2) is 11.5 Å². The topological polar surface area (TPSA) is 82.6 Å². The second-order valence-electron chi connectivity index (χ2n) is 8.26. The van der Waals surface area contributed by atoms with E-state index in [1.54, 1.807) is 12.0 Å². The number of benzene rings is 2. The molecule has 1 aliphatic heterocycles. The van der Waals surface area contributed by atoms with Crippen LogP contribution in [0.4, 0.5) is 0 Å². The number of ketones is 1. The van der Waals surface area contributed by atoms with Crippen LogP contribution in [-0.2, 0) is 16.1 Å². The molecule has 6 heteroatoms. The molecule has 0 saturated carbocycles. The average Bonchev–Trinajstić information content (AvgIpc) is 3.28. The van der Waals surface area contributed by atoms with E-state index in [0.717, 1.165) is 27.8 Å². The third kappa shape index (κ3) is 3.81. The minimum absolute atomic E-state index is 0.113. The van der Waals surface area contributed by atoms with E-state index in [1.165, 1.54) is 0 Å². The standard InChI is InChI=1S/C25H26N2O4/c1-15(2)12-21(28)22-23(19-13-26-20-7-5-4-6-18(19)20)27(25(30)24(22)29)14-16-8-10-17(31-3)11-9-16/h4-11,13,15,23,26,29H,12,14H2,1-3H3. The summed E-state index contributed by atoms with van der Waals surface area (Å²) in [7, 11) is 1.60. The van der Waals surface area contributed by atoms with Crippen molar-refractivity contribution in [3.8, 4) is 5.75 Å². The van der Waals surface area contributed by atoms with Crippen molar-refractivity contribution >= 4 is 22.6 Å². The number of nitrogens with one attached hydrogen (secondary N) is 1. The van der Waals surface area contributed by atoms with Crippen molar-refractivity contribution in [1.82, 2.24) is 9.88 Å². The number of para-hydroxylation sites is 1. The first-order chi connectivity index (χ1) is 14.9. The summed E-state index contributed by atoms with van der Waals surface area (Å²) >= 11 is 0. The molecule has 6 nitrogen and oxygen atoms in total. The molecule has 31 heavy (non-hydrogen) atoms. The van der Waals surface area contributed by atoms with Crippen LogP contribution in [-0.4, -0.2) is 33.8 Å². The van der Waals surface area contributed by atoms with Gasteiger partial charge in [0, 0.05) is 35.6 Å². The van der Waals surface area contributed by atoms with E-state index >= 15 is 0 Å². The molecule has 2 aromatic carbocycles. The molecule has 0 bridgehead atoms. The number of nitrogens with zero attached hydrogens (tertiary/aromatic N) is 1.